The van der Waals surface area contributed by atoms with E-state index in [1.165, 1.54) is 5.56 Å². The third-order valence-electron chi connectivity index (χ3n) is 4.23. The SMILES string of the molecule is COc1cccc(CCNc2cc(C)nc(Nc3cccc(C(C)=O)c3)n2)c1. The highest BCUT2D eigenvalue weighted by molar-refractivity contribution is 5.95. The molecule has 3 aromatic rings. The van der Waals surface area contributed by atoms with Crippen LogP contribution >= 0.6 is 0 Å². The second-order valence-electron chi connectivity index (χ2n) is 6.51. The molecule has 144 valence electrons. The first-order chi connectivity index (χ1) is 13.5. The molecule has 0 spiro atoms. The van der Waals surface area contributed by atoms with Crippen LogP contribution in [0.4, 0.5) is 17.5 Å². The minimum Gasteiger partial charge on any atom is -0.497 e. The number of benzene rings is 2. The maximum Gasteiger partial charge on any atom is 0.229 e. The number of methoxy groups -OCH3 is 1. The lowest BCUT2D eigenvalue weighted by molar-refractivity contribution is 0.101. The molecule has 1 aromatic heterocycles. The van der Waals surface area contributed by atoms with Gasteiger partial charge in [-0.05, 0) is 50.1 Å². The van der Waals surface area contributed by atoms with Crippen molar-refractivity contribution in [2.45, 2.75) is 20.3 Å². The van der Waals surface area contributed by atoms with Crippen LogP contribution in [-0.2, 0) is 6.42 Å². The van der Waals surface area contributed by atoms with Gasteiger partial charge < -0.3 is 15.4 Å². The van der Waals surface area contributed by atoms with E-state index < -0.39 is 0 Å². The van der Waals surface area contributed by atoms with E-state index in [-0.39, 0.29) is 5.78 Å². The van der Waals surface area contributed by atoms with Crippen molar-refractivity contribution in [2.24, 2.45) is 0 Å². The summed E-state index contributed by atoms with van der Waals surface area (Å²) >= 11 is 0. The van der Waals surface area contributed by atoms with Crippen molar-refractivity contribution in [3.8, 4) is 5.75 Å². The molecule has 0 fully saturated rings. The van der Waals surface area contributed by atoms with E-state index in [0.29, 0.717) is 11.5 Å². The van der Waals surface area contributed by atoms with E-state index in [9.17, 15) is 4.79 Å². The maximum atomic E-state index is 11.6. The van der Waals surface area contributed by atoms with Crippen molar-refractivity contribution < 1.29 is 9.53 Å². The summed E-state index contributed by atoms with van der Waals surface area (Å²) in [4.78, 5) is 20.5. The van der Waals surface area contributed by atoms with E-state index in [1.54, 1.807) is 26.2 Å². The lowest BCUT2D eigenvalue weighted by atomic mass is 10.1. The van der Waals surface area contributed by atoms with Gasteiger partial charge in [-0.15, -0.1) is 0 Å². The molecule has 0 atom stereocenters. The number of anilines is 3. The number of aryl methyl sites for hydroxylation is 1. The molecule has 6 nitrogen and oxygen atoms in total. The van der Waals surface area contributed by atoms with Crippen molar-refractivity contribution in [2.75, 3.05) is 24.3 Å². The van der Waals surface area contributed by atoms with Gasteiger partial charge in [0.05, 0.1) is 7.11 Å². The zero-order chi connectivity index (χ0) is 19.9. The molecule has 0 saturated carbocycles. The van der Waals surface area contributed by atoms with Crippen molar-refractivity contribution in [3.63, 3.8) is 0 Å². The van der Waals surface area contributed by atoms with Gasteiger partial charge in [0.15, 0.2) is 5.78 Å². The van der Waals surface area contributed by atoms with Crippen LogP contribution in [0, 0.1) is 6.92 Å². The monoisotopic (exact) mass is 376 g/mol. The highest BCUT2D eigenvalue weighted by Gasteiger charge is 2.05. The molecule has 0 unspecified atom stereocenters. The Morgan fingerprint density at radius 3 is 2.68 bits per heavy atom. The fraction of sp³-hybridized carbons (Fsp3) is 0.227. The molecule has 0 aliphatic heterocycles. The smallest absolute Gasteiger partial charge is 0.229 e. The van der Waals surface area contributed by atoms with E-state index in [1.807, 2.05) is 43.3 Å². The summed E-state index contributed by atoms with van der Waals surface area (Å²) in [5.74, 6) is 2.12. The number of carbonyl (C=O) groups excluding carboxylic acids is 1. The molecule has 0 aliphatic carbocycles. The minimum absolute atomic E-state index is 0.0220. The van der Waals surface area contributed by atoms with Crippen LogP contribution in [0.1, 0.15) is 28.5 Å². The first-order valence-corrected chi connectivity index (χ1v) is 9.14. The summed E-state index contributed by atoms with van der Waals surface area (Å²) < 4.78 is 5.26. The van der Waals surface area contributed by atoms with Crippen LogP contribution < -0.4 is 15.4 Å². The van der Waals surface area contributed by atoms with Crippen molar-refractivity contribution >= 4 is 23.2 Å². The van der Waals surface area contributed by atoms with Crippen LogP contribution in [0.5, 0.6) is 5.75 Å². The molecule has 0 bridgehead atoms. The standard InChI is InChI=1S/C22H24N4O2/c1-15-12-21(23-11-10-17-6-4-9-20(13-17)28-3)26-22(24-15)25-19-8-5-7-18(14-19)16(2)27/h4-9,12-14H,10-11H2,1-3H3,(H2,23,24,25,26). The van der Waals surface area contributed by atoms with E-state index in [4.69, 9.17) is 4.74 Å². The van der Waals surface area contributed by atoms with Gasteiger partial charge in [0.1, 0.15) is 11.6 Å². The highest BCUT2D eigenvalue weighted by atomic mass is 16.5. The zero-order valence-electron chi connectivity index (χ0n) is 16.3. The number of nitrogens with one attached hydrogen (secondary N) is 2. The lowest BCUT2D eigenvalue weighted by Gasteiger charge is -2.11. The Labute approximate surface area is 165 Å². The Morgan fingerprint density at radius 1 is 1.07 bits per heavy atom. The molecule has 3 rings (SSSR count). The van der Waals surface area contributed by atoms with E-state index in [0.717, 1.165) is 35.9 Å². The fourth-order valence-corrected chi connectivity index (χ4v) is 2.82. The minimum atomic E-state index is 0.0220. The number of hydrogen-bond acceptors (Lipinski definition) is 6. The Morgan fingerprint density at radius 2 is 1.89 bits per heavy atom. The third-order valence-corrected chi connectivity index (χ3v) is 4.23. The molecule has 0 amide bonds. The summed E-state index contributed by atoms with van der Waals surface area (Å²) in [5.41, 5.74) is 3.47. The fourth-order valence-electron chi connectivity index (χ4n) is 2.82. The molecule has 28 heavy (non-hydrogen) atoms. The number of ether oxygens (including phenoxy) is 1. The predicted octanol–water partition coefficient (Wildman–Crippen LogP) is 4.39. The second kappa shape index (κ2) is 8.99. The predicted molar refractivity (Wildman–Crippen MR) is 112 cm³/mol. The average Bonchev–Trinajstić information content (AvgIpc) is 2.68. The average molecular weight is 376 g/mol. The largest absolute Gasteiger partial charge is 0.497 e. The summed E-state index contributed by atoms with van der Waals surface area (Å²) in [7, 11) is 1.67. The van der Waals surface area contributed by atoms with Gasteiger partial charge in [-0.2, -0.15) is 4.98 Å². The van der Waals surface area contributed by atoms with Gasteiger partial charge in [0.2, 0.25) is 5.95 Å². The van der Waals surface area contributed by atoms with E-state index in [2.05, 4.69) is 26.7 Å². The molecular formula is C22H24N4O2. The number of hydrogen-bond donors (Lipinski definition) is 2. The number of Topliss-reactive ketones (excluding diaryl/α,β-unsaturated/α-hetero) is 1. The van der Waals surface area contributed by atoms with Crippen molar-refractivity contribution in [1.82, 2.24) is 9.97 Å². The molecule has 0 aliphatic rings. The number of aromatic nitrogens is 2. The Hall–Kier alpha value is -3.41. The number of carbonyl (C=O) groups is 1. The number of rotatable bonds is 8. The molecule has 2 aromatic carbocycles. The molecule has 1 heterocycles. The van der Waals surface area contributed by atoms with Crippen LogP contribution in [0.3, 0.4) is 0 Å². The van der Waals surface area contributed by atoms with Gasteiger partial charge in [-0.1, -0.05) is 24.3 Å². The summed E-state index contributed by atoms with van der Waals surface area (Å²) in [6.45, 7) is 4.21. The third kappa shape index (κ3) is 5.30. The Kier molecular flexibility index (Phi) is 6.22. The van der Waals surface area contributed by atoms with Crippen molar-refractivity contribution in [3.05, 3.63) is 71.4 Å². The van der Waals surface area contributed by atoms with E-state index >= 15 is 0 Å². The van der Waals surface area contributed by atoms with Crippen LogP contribution in [-0.4, -0.2) is 29.4 Å². The summed E-state index contributed by atoms with van der Waals surface area (Å²) in [6, 6.07) is 17.2. The highest BCUT2D eigenvalue weighted by Crippen LogP contribution is 2.18. The van der Waals surface area contributed by atoms with Gasteiger partial charge in [-0.3, -0.25) is 4.79 Å². The van der Waals surface area contributed by atoms with Gasteiger partial charge in [0.25, 0.3) is 0 Å². The molecule has 6 heteroatoms. The maximum absolute atomic E-state index is 11.6. The quantitative estimate of drug-likeness (QED) is 0.568. The zero-order valence-corrected chi connectivity index (χ0v) is 16.3. The molecular weight excluding hydrogens is 352 g/mol. The molecule has 0 saturated heterocycles. The van der Waals surface area contributed by atoms with Crippen molar-refractivity contribution in [1.29, 1.82) is 0 Å². The lowest BCUT2D eigenvalue weighted by Crippen LogP contribution is -2.09. The second-order valence-corrected chi connectivity index (χ2v) is 6.51. The first-order valence-electron chi connectivity index (χ1n) is 9.14. The van der Waals surface area contributed by atoms with Gasteiger partial charge in [-0.25, -0.2) is 4.98 Å². The van der Waals surface area contributed by atoms with Gasteiger partial charge in [0, 0.05) is 29.6 Å². The summed E-state index contributed by atoms with van der Waals surface area (Å²) in [5, 5.41) is 6.51. The number of ketones is 1. The number of nitrogens with zero attached hydrogens (tertiary/aromatic N) is 2. The van der Waals surface area contributed by atoms with Crippen LogP contribution in [0.2, 0.25) is 0 Å². The Bertz CT molecular complexity index is 972. The van der Waals surface area contributed by atoms with Crippen LogP contribution in [0.25, 0.3) is 0 Å². The topological polar surface area (TPSA) is 76.1 Å². The Balaban J connectivity index is 1.66. The normalized spacial score (nSPS) is 10.4. The molecule has 2 N–H and O–H groups in total. The molecule has 0 radical (unpaired) electrons. The van der Waals surface area contributed by atoms with Gasteiger partial charge >= 0.3 is 0 Å². The summed E-state index contributed by atoms with van der Waals surface area (Å²) in [6.07, 6.45) is 0.851. The first kappa shape index (κ1) is 19.4. The van der Waals surface area contributed by atoms with Crippen LogP contribution in [0.15, 0.2) is 54.6 Å².